The molecule has 58 valence electrons. The summed E-state index contributed by atoms with van der Waals surface area (Å²) in [6.45, 7) is 1.93. The van der Waals surface area contributed by atoms with E-state index in [0.717, 1.165) is 12.7 Å². The van der Waals surface area contributed by atoms with E-state index in [1.165, 1.54) is 0 Å². The largest absolute Gasteiger partial charge is 0.481 e. The topological polar surface area (TPSA) is 54.4 Å². The molecule has 0 heterocycles. The van der Waals surface area contributed by atoms with Crippen LogP contribution in [-0.4, -0.2) is 17.4 Å². The first-order valence-electron chi connectivity index (χ1n) is 3.37. The molecule has 0 aromatic rings. The quantitative estimate of drug-likeness (QED) is 0.587. The number of carboxylic acids is 1. The fraction of sp³-hybridized carbons (Fsp3) is 0.714. The fourth-order valence-corrected chi connectivity index (χ4v) is 0.813. The van der Waals surface area contributed by atoms with Gasteiger partial charge in [-0.25, -0.2) is 0 Å². The first-order chi connectivity index (χ1) is 4.70. The van der Waals surface area contributed by atoms with E-state index in [9.17, 15) is 9.59 Å². The van der Waals surface area contributed by atoms with E-state index in [0.29, 0.717) is 6.42 Å². The van der Waals surface area contributed by atoms with Crippen molar-refractivity contribution in [2.45, 2.75) is 26.2 Å². The molecule has 0 aliphatic carbocycles. The maximum Gasteiger partial charge on any atom is 0.304 e. The standard InChI is InChI=1S/C7H12O3/c1-2-3-6(5-8)4-7(9)10/h5-6H,2-4H2,1H3,(H,9,10). The molecule has 0 aliphatic rings. The van der Waals surface area contributed by atoms with Gasteiger partial charge in [-0.15, -0.1) is 0 Å². The summed E-state index contributed by atoms with van der Waals surface area (Å²) in [4.78, 5) is 20.3. The van der Waals surface area contributed by atoms with Crippen molar-refractivity contribution in [2.24, 2.45) is 5.92 Å². The van der Waals surface area contributed by atoms with Gasteiger partial charge < -0.3 is 9.90 Å². The molecule has 3 heteroatoms. The van der Waals surface area contributed by atoms with Crippen molar-refractivity contribution < 1.29 is 14.7 Å². The van der Waals surface area contributed by atoms with E-state index in [2.05, 4.69) is 0 Å². The Morgan fingerprint density at radius 3 is 2.60 bits per heavy atom. The van der Waals surface area contributed by atoms with Gasteiger partial charge >= 0.3 is 5.97 Å². The van der Waals surface area contributed by atoms with E-state index in [4.69, 9.17) is 5.11 Å². The summed E-state index contributed by atoms with van der Waals surface area (Å²) in [6.07, 6.45) is 2.22. The Hall–Kier alpha value is -0.860. The van der Waals surface area contributed by atoms with E-state index in [1.54, 1.807) is 0 Å². The highest BCUT2D eigenvalue weighted by atomic mass is 16.4. The molecule has 0 amide bonds. The summed E-state index contributed by atoms with van der Waals surface area (Å²) >= 11 is 0. The molecule has 0 rings (SSSR count). The normalized spacial score (nSPS) is 12.5. The van der Waals surface area contributed by atoms with E-state index in [-0.39, 0.29) is 12.3 Å². The molecule has 1 N–H and O–H groups in total. The van der Waals surface area contributed by atoms with Crippen molar-refractivity contribution in [2.75, 3.05) is 0 Å². The molecule has 0 radical (unpaired) electrons. The van der Waals surface area contributed by atoms with Crippen LogP contribution in [0.1, 0.15) is 26.2 Å². The molecule has 0 aromatic heterocycles. The van der Waals surface area contributed by atoms with Gasteiger partial charge in [0.2, 0.25) is 0 Å². The molecule has 0 saturated heterocycles. The molecular weight excluding hydrogens is 132 g/mol. The Morgan fingerprint density at radius 1 is 1.70 bits per heavy atom. The lowest BCUT2D eigenvalue weighted by Gasteiger charge is -2.02. The van der Waals surface area contributed by atoms with Crippen molar-refractivity contribution in [3.05, 3.63) is 0 Å². The van der Waals surface area contributed by atoms with Crippen molar-refractivity contribution in [1.29, 1.82) is 0 Å². The summed E-state index contributed by atoms with van der Waals surface area (Å²) in [6, 6.07) is 0. The van der Waals surface area contributed by atoms with Gasteiger partial charge in [0.25, 0.3) is 0 Å². The third-order valence-electron chi connectivity index (χ3n) is 1.29. The number of carboxylic acid groups (broad SMARTS) is 1. The van der Waals surface area contributed by atoms with Gasteiger partial charge in [0, 0.05) is 5.92 Å². The molecule has 0 saturated carbocycles. The van der Waals surface area contributed by atoms with Crippen LogP contribution in [0.5, 0.6) is 0 Å². The SMILES string of the molecule is CCCC(C=O)CC(=O)O. The average Bonchev–Trinajstić information content (AvgIpc) is 1.86. The predicted octanol–water partition coefficient (Wildman–Crippen LogP) is 1.08. The number of hydrogen-bond acceptors (Lipinski definition) is 2. The predicted molar refractivity (Wildman–Crippen MR) is 36.7 cm³/mol. The Bertz CT molecular complexity index is 120. The van der Waals surface area contributed by atoms with Crippen LogP contribution in [0.3, 0.4) is 0 Å². The second kappa shape index (κ2) is 4.97. The first-order valence-corrected chi connectivity index (χ1v) is 3.37. The minimum atomic E-state index is -0.898. The lowest BCUT2D eigenvalue weighted by molar-refractivity contribution is -0.139. The maximum absolute atomic E-state index is 10.2. The highest BCUT2D eigenvalue weighted by molar-refractivity contribution is 5.71. The number of aldehydes is 1. The summed E-state index contributed by atoms with van der Waals surface area (Å²) in [5.41, 5.74) is 0. The Labute approximate surface area is 60.0 Å². The average molecular weight is 144 g/mol. The van der Waals surface area contributed by atoms with Gasteiger partial charge in [-0.3, -0.25) is 4.79 Å². The Balaban J connectivity index is 3.59. The van der Waals surface area contributed by atoms with Gasteiger partial charge in [0.15, 0.2) is 0 Å². The summed E-state index contributed by atoms with van der Waals surface area (Å²) in [5, 5.41) is 8.28. The zero-order valence-electron chi connectivity index (χ0n) is 6.04. The van der Waals surface area contributed by atoms with Crippen molar-refractivity contribution in [3.63, 3.8) is 0 Å². The van der Waals surface area contributed by atoms with E-state index in [1.807, 2.05) is 6.92 Å². The van der Waals surface area contributed by atoms with Gasteiger partial charge in [-0.05, 0) is 6.42 Å². The summed E-state index contributed by atoms with van der Waals surface area (Å²) in [7, 11) is 0. The molecule has 3 nitrogen and oxygen atoms in total. The number of carbonyl (C=O) groups excluding carboxylic acids is 1. The summed E-state index contributed by atoms with van der Waals surface area (Å²) < 4.78 is 0. The second-order valence-corrected chi connectivity index (χ2v) is 2.28. The Kier molecular flexibility index (Phi) is 4.54. The lowest BCUT2D eigenvalue weighted by Crippen LogP contribution is -2.08. The van der Waals surface area contributed by atoms with Crippen LogP contribution in [0.15, 0.2) is 0 Å². The highest BCUT2D eigenvalue weighted by Crippen LogP contribution is 2.07. The molecule has 0 bridgehead atoms. The van der Waals surface area contributed by atoms with Gasteiger partial charge in [-0.1, -0.05) is 13.3 Å². The zero-order chi connectivity index (χ0) is 7.98. The first kappa shape index (κ1) is 9.14. The second-order valence-electron chi connectivity index (χ2n) is 2.28. The van der Waals surface area contributed by atoms with Gasteiger partial charge in [-0.2, -0.15) is 0 Å². The number of hydrogen-bond donors (Lipinski definition) is 1. The van der Waals surface area contributed by atoms with Crippen molar-refractivity contribution >= 4 is 12.3 Å². The third-order valence-corrected chi connectivity index (χ3v) is 1.29. The molecule has 0 fully saturated rings. The Morgan fingerprint density at radius 2 is 2.30 bits per heavy atom. The molecule has 1 atom stereocenters. The van der Waals surface area contributed by atoms with E-state index >= 15 is 0 Å². The number of rotatable bonds is 5. The smallest absolute Gasteiger partial charge is 0.304 e. The van der Waals surface area contributed by atoms with Crippen LogP contribution in [0, 0.1) is 5.92 Å². The molecule has 10 heavy (non-hydrogen) atoms. The molecule has 0 spiro atoms. The van der Waals surface area contributed by atoms with Crippen LogP contribution in [0.4, 0.5) is 0 Å². The molecular formula is C7H12O3. The zero-order valence-corrected chi connectivity index (χ0v) is 6.04. The molecule has 1 unspecified atom stereocenters. The van der Waals surface area contributed by atoms with E-state index < -0.39 is 5.97 Å². The maximum atomic E-state index is 10.2. The van der Waals surface area contributed by atoms with Crippen LogP contribution >= 0.6 is 0 Å². The molecule has 0 aromatic carbocycles. The monoisotopic (exact) mass is 144 g/mol. The molecule has 0 aliphatic heterocycles. The number of carbonyl (C=O) groups is 2. The van der Waals surface area contributed by atoms with Crippen LogP contribution < -0.4 is 0 Å². The highest BCUT2D eigenvalue weighted by Gasteiger charge is 2.09. The van der Waals surface area contributed by atoms with Crippen LogP contribution in [0.25, 0.3) is 0 Å². The van der Waals surface area contributed by atoms with Crippen LogP contribution in [0.2, 0.25) is 0 Å². The van der Waals surface area contributed by atoms with Gasteiger partial charge in [0.05, 0.1) is 6.42 Å². The third kappa shape index (κ3) is 4.06. The van der Waals surface area contributed by atoms with Crippen molar-refractivity contribution in [1.82, 2.24) is 0 Å². The minimum Gasteiger partial charge on any atom is -0.481 e. The van der Waals surface area contributed by atoms with Crippen molar-refractivity contribution in [3.8, 4) is 0 Å². The summed E-state index contributed by atoms with van der Waals surface area (Å²) in [5.74, 6) is -1.19. The fourth-order valence-electron chi connectivity index (χ4n) is 0.813. The van der Waals surface area contributed by atoms with Gasteiger partial charge in [0.1, 0.15) is 6.29 Å². The minimum absolute atomic E-state index is 0.0304. The number of aliphatic carboxylic acids is 1. The lowest BCUT2D eigenvalue weighted by atomic mass is 10.0. The van der Waals surface area contributed by atoms with Crippen LogP contribution in [-0.2, 0) is 9.59 Å².